The molecule has 1 aliphatic heterocycles. The lowest BCUT2D eigenvalue weighted by Gasteiger charge is -2.19. The van der Waals surface area contributed by atoms with Gasteiger partial charge in [-0.3, -0.25) is 14.4 Å². The first-order valence-corrected chi connectivity index (χ1v) is 8.50. The smallest absolute Gasteiger partial charge is 0.251 e. The van der Waals surface area contributed by atoms with Gasteiger partial charge < -0.3 is 15.5 Å². The lowest BCUT2D eigenvalue weighted by atomic mass is 10.1. The molecule has 0 bridgehead atoms. The van der Waals surface area contributed by atoms with Gasteiger partial charge in [0.05, 0.1) is 10.7 Å². The molecule has 6 nitrogen and oxygen atoms in total. The van der Waals surface area contributed by atoms with Crippen LogP contribution < -0.4 is 15.5 Å². The minimum atomic E-state index is -0.642. The van der Waals surface area contributed by atoms with Crippen molar-refractivity contribution in [2.45, 2.75) is 39.2 Å². The Hall–Kier alpha value is -2.08. The Morgan fingerprint density at radius 3 is 2.75 bits per heavy atom. The van der Waals surface area contributed by atoms with E-state index in [9.17, 15) is 14.4 Å². The van der Waals surface area contributed by atoms with Gasteiger partial charge in [-0.15, -0.1) is 0 Å². The van der Waals surface area contributed by atoms with E-state index in [-0.39, 0.29) is 17.7 Å². The van der Waals surface area contributed by atoms with E-state index in [1.165, 1.54) is 0 Å². The van der Waals surface area contributed by atoms with Crippen molar-refractivity contribution in [2.24, 2.45) is 0 Å². The van der Waals surface area contributed by atoms with Crippen molar-refractivity contribution in [3.63, 3.8) is 0 Å². The van der Waals surface area contributed by atoms with Gasteiger partial charge in [0, 0.05) is 25.1 Å². The number of rotatable bonds is 6. The molecule has 1 saturated heterocycles. The SMILES string of the molecule is CCCNC(=O)[C@@H](C)NC(=O)c1ccc(Cl)c(N2CCCC2=O)c1. The van der Waals surface area contributed by atoms with Crippen LogP contribution in [0.4, 0.5) is 5.69 Å². The van der Waals surface area contributed by atoms with Gasteiger partial charge in [-0.2, -0.15) is 0 Å². The average molecular weight is 352 g/mol. The molecule has 0 aromatic heterocycles. The van der Waals surface area contributed by atoms with Crippen molar-refractivity contribution >= 4 is 35.0 Å². The number of nitrogens with one attached hydrogen (secondary N) is 2. The zero-order valence-corrected chi connectivity index (χ0v) is 14.7. The molecule has 0 spiro atoms. The quantitative estimate of drug-likeness (QED) is 0.824. The molecule has 0 radical (unpaired) electrons. The summed E-state index contributed by atoms with van der Waals surface area (Å²) in [5.74, 6) is -0.602. The van der Waals surface area contributed by atoms with Crippen molar-refractivity contribution in [3.8, 4) is 0 Å². The van der Waals surface area contributed by atoms with E-state index in [0.29, 0.717) is 35.8 Å². The Bertz CT molecular complexity index is 648. The van der Waals surface area contributed by atoms with Gasteiger partial charge in [0.25, 0.3) is 5.91 Å². The van der Waals surface area contributed by atoms with Gasteiger partial charge in [0.1, 0.15) is 6.04 Å². The average Bonchev–Trinajstić information content (AvgIpc) is 2.98. The summed E-state index contributed by atoms with van der Waals surface area (Å²) in [7, 11) is 0. The first-order chi connectivity index (χ1) is 11.4. The maximum absolute atomic E-state index is 12.4. The number of carbonyl (C=O) groups excluding carboxylic acids is 3. The predicted octanol–water partition coefficient (Wildman–Crippen LogP) is 2.11. The monoisotopic (exact) mass is 351 g/mol. The molecular weight excluding hydrogens is 330 g/mol. The predicted molar refractivity (Wildman–Crippen MR) is 93.3 cm³/mol. The first kappa shape index (κ1) is 18.3. The molecule has 1 aromatic carbocycles. The number of carbonyl (C=O) groups is 3. The molecule has 1 aromatic rings. The van der Waals surface area contributed by atoms with Crippen LogP contribution in [-0.2, 0) is 9.59 Å². The van der Waals surface area contributed by atoms with Crippen LogP contribution in [0.5, 0.6) is 0 Å². The molecule has 0 aliphatic carbocycles. The molecule has 1 fully saturated rings. The van der Waals surface area contributed by atoms with Crippen LogP contribution in [0, 0.1) is 0 Å². The van der Waals surface area contributed by atoms with E-state index in [0.717, 1.165) is 12.8 Å². The van der Waals surface area contributed by atoms with Crippen LogP contribution in [0.15, 0.2) is 18.2 Å². The van der Waals surface area contributed by atoms with Gasteiger partial charge in [0.15, 0.2) is 0 Å². The summed E-state index contributed by atoms with van der Waals surface area (Å²) in [5.41, 5.74) is 0.902. The van der Waals surface area contributed by atoms with Crippen LogP contribution in [0.1, 0.15) is 43.5 Å². The summed E-state index contributed by atoms with van der Waals surface area (Å²) in [5, 5.41) is 5.81. The molecule has 3 amide bonds. The minimum Gasteiger partial charge on any atom is -0.354 e. The molecule has 130 valence electrons. The van der Waals surface area contributed by atoms with Crippen LogP contribution in [0.2, 0.25) is 5.02 Å². The molecule has 1 atom stereocenters. The van der Waals surface area contributed by atoms with Crippen LogP contribution in [0.25, 0.3) is 0 Å². The van der Waals surface area contributed by atoms with Gasteiger partial charge in [-0.1, -0.05) is 18.5 Å². The highest BCUT2D eigenvalue weighted by Crippen LogP contribution is 2.30. The van der Waals surface area contributed by atoms with Crippen molar-refractivity contribution in [1.82, 2.24) is 10.6 Å². The lowest BCUT2D eigenvalue weighted by molar-refractivity contribution is -0.122. The lowest BCUT2D eigenvalue weighted by Crippen LogP contribution is -2.45. The summed E-state index contributed by atoms with van der Waals surface area (Å²) >= 11 is 6.17. The van der Waals surface area contributed by atoms with Gasteiger partial charge >= 0.3 is 0 Å². The van der Waals surface area contributed by atoms with Gasteiger partial charge in [-0.25, -0.2) is 0 Å². The molecule has 1 heterocycles. The molecule has 0 saturated carbocycles. The standard InChI is InChI=1S/C17H22ClN3O3/c1-3-8-19-16(23)11(2)20-17(24)12-6-7-13(18)14(10-12)21-9-4-5-15(21)22/h6-7,10-11H,3-5,8-9H2,1-2H3,(H,19,23)(H,20,24)/t11-/m1/s1. The number of halogens is 1. The molecule has 2 N–H and O–H groups in total. The third kappa shape index (κ3) is 4.26. The normalized spacial score (nSPS) is 15.3. The zero-order chi connectivity index (χ0) is 17.7. The highest BCUT2D eigenvalue weighted by Gasteiger charge is 2.25. The molecular formula is C17H22ClN3O3. The minimum absolute atomic E-state index is 0.00164. The van der Waals surface area contributed by atoms with Gasteiger partial charge in [-0.05, 0) is 38.0 Å². The third-order valence-corrected chi connectivity index (χ3v) is 4.18. The number of amides is 3. The fourth-order valence-corrected chi connectivity index (χ4v) is 2.73. The fourth-order valence-electron chi connectivity index (χ4n) is 2.51. The van der Waals surface area contributed by atoms with Crippen molar-refractivity contribution in [1.29, 1.82) is 0 Å². The first-order valence-electron chi connectivity index (χ1n) is 8.12. The second kappa shape index (κ2) is 8.15. The maximum Gasteiger partial charge on any atom is 0.251 e. The van der Waals surface area contributed by atoms with Crippen molar-refractivity contribution in [3.05, 3.63) is 28.8 Å². The summed E-state index contributed by atoms with van der Waals surface area (Å²) < 4.78 is 0. The third-order valence-electron chi connectivity index (χ3n) is 3.86. The Morgan fingerprint density at radius 1 is 1.38 bits per heavy atom. The summed E-state index contributed by atoms with van der Waals surface area (Å²) in [6.07, 6.45) is 2.10. The molecule has 7 heteroatoms. The number of hydrogen-bond donors (Lipinski definition) is 2. The molecule has 0 unspecified atom stereocenters. The highest BCUT2D eigenvalue weighted by molar-refractivity contribution is 6.34. The van der Waals surface area contributed by atoms with E-state index in [1.807, 2.05) is 6.92 Å². The molecule has 24 heavy (non-hydrogen) atoms. The van der Waals surface area contributed by atoms with E-state index in [4.69, 9.17) is 11.6 Å². The van der Waals surface area contributed by atoms with E-state index < -0.39 is 6.04 Å². The second-order valence-corrected chi connectivity index (χ2v) is 6.21. The number of hydrogen-bond acceptors (Lipinski definition) is 3. The summed E-state index contributed by atoms with van der Waals surface area (Å²) in [4.78, 5) is 37.7. The molecule has 2 rings (SSSR count). The zero-order valence-electron chi connectivity index (χ0n) is 13.9. The van der Waals surface area contributed by atoms with Crippen molar-refractivity contribution in [2.75, 3.05) is 18.0 Å². The van der Waals surface area contributed by atoms with Gasteiger partial charge in [0.2, 0.25) is 11.8 Å². The topological polar surface area (TPSA) is 78.5 Å². The Balaban J connectivity index is 2.10. The van der Waals surface area contributed by atoms with E-state index in [1.54, 1.807) is 30.0 Å². The highest BCUT2D eigenvalue weighted by atomic mass is 35.5. The summed E-state index contributed by atoms with van der Waals surface area (Å²) in [6, 6.07) is 4.13. The number of benzene rings is 1. The van der Waals surface area contributed by atoms with Crippen LogP contribution in [-0.4, -0.2) is 36.9 Å². The maximum atomic E-state index is 12.4. The number of anilines is 1. The Kier molecular flexibility index (Phi) is 6.20. The van der Waals surface area contributed by atoms with Crippen LogP contribution in [0.3, 0.4) is 0 Å². The fraction of sp³-hybridized carbons (Fsp3) is 0.471. The van der Waals surface area contributed by atoms with E-state index >= 15 is 0 Å². The van der Waals surface area contributed by atoms with Crippen molar-refractivity contribution < 1.29 is 14.4 Å². The number of nitrogens with zero attached hydrogens (tertiary/aromatic N) is 1. The molecule has 1 aliphatic rings. The Morgan fingerprint density at radius 2 is 2.12 bits per heavy atom. The van der Waals surface area contributed by atoms with Crippen LogP contribution >= 0.6 is 11.6 Å². The largest absolute Gasteiger partial charge is 0.354 e. The van der Waals surface area contributed by atoms with E-state index in [2.05, 4.69) is 10.6 Å². The second-order valence-electron chi connectivity index (χ2n) is 5.80. The Labute approximate surface area is 146 Å². The summed E-state index contributed by atoms with van der Waals surface area (Å²) in [6.45, 7) is 4.75.